The zero-order valence-corrected chi connectivity index (χ0v) is 14.4. The van der Waals surface area contributed by atoms with Gasteiger partial charge < -0.3 is 15.1 Å². The van der Waals surface area contributed by atoms with E-state index >= 15 is 0 Å². The number of piperazine rings is 1. The van der Waals surface area contributed by atoms with Gasteiger partial charge in [0.25, 0.3) is 0 Å². The summed E-state index contributed by atoms with van der Waals surface area (Å²) in [6.45, 7) is 5.97. The lowest BCUT2D eigenvalue weighted by Gasteiger charge is -2.37. The number of nitrogens with zero attached hydrogens (tertiary/aromatic N) is 5. The second kappa shape index (κ2) is 8.01. The van der Waals surface area contributed by atoms with Gasteiger partial charge in [0.2, 0.25) is 0 Å². The predicted molar refractivity (Wildman–Crippen MR) is 96.3 cm³/mol. The topological polar surface area (TPSA) is 48.7 Å². The molecule has 2 aromatic rings. The second-order valence-electron chi connectivity index (χ2n) is 5.52. The fourth-order valence-corrected chi connectivity index (χ4v) is 3.58. The van der Waals surface area contributed by atoms with Crippen molar-refractivity contribution >= 4 is 22.3 Å². The third-order valence-corrected chi connectivity index (χ3v) is 4.94. The highest BCUT2D eigenvalue weighted by Crippen LogP contribution is 2.22. The molecule has 1 fully saturated rings. The zero-order valence-electron chi connectivity index (χ0n) is 13.6. The van der Waals surface area contributed by atoms with Crippen molar-refractivity contribution in [3.63, 3.8) is 0 Å². The maximum absolute atomic E-state index is 4.43. The molecule has 0 aliphatic carbocycles. The average Bonchev–Trinajstić information content (AvgIpc) is 3.29. The number of aromatic nitrogens is 2. The van der Waals surface area contributed by atoms with Crippen LogP contribution in [0.2, 0.25) is 0 Å². The van der Waals surface area contributed by atoms with Crippen LogP contribution in [0.3, 0.4) is 0 Å². The number of aryl methyl sites for hydroxylation is 1. The summed E-state index contributed by atoms with van der Waals surface area (Å²) in [5, 5.41) is 11.2. The Kier molecular flexibility index (Phi) is 5.52. The maximum atomic E-state index is 4.43. The van der Waals surface area contributed by atoms with Gasteiger partial charge in [0.15, 0.2) is 5.96 Å². The summed E-state index contributed by atoms with van der Waals surface area (Å²) in [7, 11) is 1.86. The lowest BCUT2D eigenvalue weighted by Crippen LogP contribution is -2.52. The van der Waals surface area contributed by atoms with Crippen LogP contribution in [0.4, 0.5) is 5.00 Å². The van der Waals surface area contributed by atoms with E-state index in [0.29, 0.717) is 0 Å². The van der Waals surface area contributed by atoms with Crippen LogP contribution in [0, 0.1) is 0 Å². The summed E-state index contributed by atoms with van der Waals surface area (Å²) in [4.78, 5) is 9.22. The second-order valence-corrected chi connectivity index (χ2v) is 6.45. The molecule has 0 unspecified atom stereocenters. The summed E-state index contributed by atoms with van der Waals surface area (Å²) in [5.41, 5.74) is 0. The summed E-state index contributed by atoms with van der Waals surface area (Å²) < 4.78 is 1.96. The number of rotatable bonds is 5. The van der Waals surface area contributed by atoms with Crippen LogP contribution in [-0.2, 0) is 6.54 Å². The summed E-state index contributed by atoms with van der Waals surface area (Å²) >= 11 is 1.81. The molecule has 0 spiro atoms. The third-order valence-electron chi connectivity index (χ3n) is 4.02. The molecule has 6 nitrogen and oxygen atoms in total. The Hall–Kier alpha value is -2.02. The molecule has 0 radical (unpaired) electrons. The minimum atomic E-state index is 0.914. The van der Waals surface area contributed by atoms with E-state index in [4.69, 9.17) is 0 Å². The van der Waals surface area contributed by atoms with Gasteiger partial charge >= 0.3 is 0 Å². The van der Waals surface area contributed by atoms with Crippen molar-refractivity contribution in [3.8, 4) is 0 Å². The molecular weight excluding hydrogens is 308 g/mol. The smallest absolute Gasteiger partial charge is 0.193 e. The van der Waals surface area contributed by atoms with Crippen molar-refractivity contribution in [2.24, 2.45) is 4.99 Å². The highest BCUT2D eigenvalue weighted by atomic mass is 32.1. The average molecular weight is 332 g/mol. The van der Waals surface area contributed by atoms with E-state index in [2.05, 4.69) is 42.7 Å². The number of hydrogen-bond acceptors (Lipinski definition) is 4. The predicted octanol–water partition coefficient (Wildman–Crippen LogP) is 1.73. The van der Waals surface area contributed by atoms with Gasteiger partial charge in [0.1, 0.15) is 0 Å². The molecule has 0 bridgehead atoms. The van der Waals surface area contributed by atoms with Gasteiger partial charge in [0, 0.05) is 58.7 Å². The van der Waals surface area contributed by atoms with Crippen LogP contribution >= 0.6 is 11.3 Å². The molecule has 7 heteroatoms. The van der Waals surface area contributed by atoms with E-state index in [9.17, 15) is 0 Å². The first-order valence-electron chi connectivity index (χ1n) is 8.08. The molecule has 2 aromatic heterocycles. The van der Waals surface area contributed by atoms with Gasteiger partial charge in [-0.3, -0.25) is 9.67 Å². The Morgan fingerprint density at radius 3 is 2.83 bits per heavy atom. The molecule has 124 valence electrons. The van der Waals surface area contributed by atoms with Crippen molar-refractivity contribution in [2.45, 2.75) is 13.0 Å². The van der Waals surface area contributed by atoms with E-state index in [1.807, 2.05) is 41.5 Å². The van der Waals surface area contributed by atoms with Crippen molar-refractivity contribution in [1.29, 1.82) is 0 Å². The summed E-state index contributed by atoms with van der Waals surface area (Å²) in [5.74, 6) is 1.01. The molecule has 1 N–H and O–H groups in total. The first-order chi connectivity index (χ1) is 11.4. The molecule has 1 aliphatic rings. The van der Waals surface area contributed by atoms with Gasteiger partial charge in [0.05, 0.1) is 5.00 Å². The van der Waals surface area contributed by atoms with Gasteiger partial charge in [-0.2, -0.15) is 5.10 Å². The number of guanidine groups is 1. The molecule has 1 aliphatic heterocycles. The van der Waals surface area contributed by atoms with Crippen LogP contribution in [0.5, 0.6) is 0 Å². The Balaban J connectivity index is 1.41. The molecule has 1 saturated heterocycles. The monoisotopic (exact) mass is 332 g/mol. The van der Waals surface area contributed by atoms with Gasteiger partial charge in [-0.15, -0.1) is 11.3 Å². The lowest BCUT2D eigenvalue weighted by atomic mass is 10.3. The Morgan fingerprint density at radius 2 is 2.17 bits per heavy atom. The largest absolute Gasteiger partial charge is 0.360 e. The fraction of sp³-hybridized carbons (Fsp3) is 0.500. The Bertz CT molecular complexity index is 584. The zero-order chi connectivity index (χ0) is 15.9. The maximum Gasteiger partial charge on any atom is 0.193 e. The van der Waals surface area contributed by atoms with E-state index in [-0.39, 0.29) is 0 Å². The van der Waals surface area contributed by atoms with Crippen LogP contribution in [0.15, 0.2) is 41.0 Å². The van der Waals surface area contributed by atoms with Crippen molar-refractivity contribution in [2.75, 3.05) is 44.7 Å². The fourth-order valence-electron chi connectivity index (χ4n) is 2.79. The molecule has 0 atom stereocenters. The standard InChI is InChI=1S/C16H24N6S/c1-17-16(18-6-3-8-22-9-4-7-19-22)21-12-10-20(11-13-21)15-5-2-14-23-15/h2,4-5,7,9,14H,3,6,8,10-13H2,1H3,(H,17,18). The molecule has 3 heterocycles. The van der Waals surface area contributed by atoms with Gasteiger partial charge in [-0.25, -0.2) is 0 Å². The third kappa shape index (κ3) is 4.25. The number of hydrogen-bond donors (Lipinski definition) is 1. The molecule has 3 rings (SSSR count). The SMILES string of the molecule is CN=C(NCCCn1cccn1)N1CCN(c2cccs2)CC1. The van der Waals surface area contributed by atoms with E-state index in [1.54, 1.807) is 0 Å². The Labute approximate surface area is 141 Å². The number of anilines is 1. The highest BCUT2D eigenvalue weighted by Gasteiger charge is 2.19. The highest BCUT2D eigenvalue weighted by molar-refractivity contribution is 7.14. The first-order valence-corrected chi connectivity index (χ1v) is 8.96. The number of nitrogens with one attached hydrogen (secondary N) is 1. The Morgan fingerprint density at radius 1 is 1.30 bits per heavy atom. The first kappa shape index (κ1) is 15.9. The summed E-state index contributed by atoms with van der Waals surface area (Å²) in [6.07, 6.45) is 4.86. The number of aliphatic imine (C=N–C) groups is 1. The van der Waals surface area contributed by atoms with Crippen LogP contribution < -0.4 is 10.2 Å². The van der Waals surface area contributed by atoms with Crippen LogP contribution in [-0.4, -0.2) is 60.4 Å². The van der Waals surface area contributed by atoms with E-state index < -0.39 is 0 Å². The van der Waals surface area contributed by atoms with Gasteiger partial charge in [-0.05, 0) is 30.0 Å². The lowest BCUT2D eigenvalue weighted by molar-refractivity contribution is 0.372. The van der Waals surface area contributed by atoms with Crippen molar-refractivity contribution < 1.29 is 0 Å². The molecule has 0 amide bonds. The molecular formula is C16H24N6S. The van der Waals surface area contributed by atoms with Crippen LogP contribution in [0.1, 0.15) is 6.42 Å². The molecule has 0 aromatic carbocycles. The van der Waals surface area contributed by atoms with E-state index in [1.165, 1.54) is 5.00 Å². The number of thiophene rings is 1. The minimum Gasteiger partial charge on any atom is -0.360 e. The van der Waals surface area contributed by atoms with Crippen LogP contribution in [0.25, 0.3) is 0 Å². The minimum absolute atomic E-state index is 0.914. The van der Waals surface area contributed by atoms with Crippen molar-refractivity contribution in [3.05, 3.63) is 36.0 Å². The van der Waals surface area contributed by atoms with E-state index in [0.717, 1.165) is 51.6 Å². The molecule has 23 heavy (non-hydrogen) atoms. The molecule has 0 saturated carbocycles. The normalized spacial score (nSPS) is 16.0. The quantitative estimate of drug-likeness (QED) is 0.515. The van der Waals surface area contributed by atoms with Gasteiger partial charge in [-0.1, -0.05) is 0 Å². The summed E-state index contributed by atoms with van der Waals surface area (Å²) in [6, 6.07) is 6.27. The van der Waals surface area contributed by atoms with Crippen molar-refractivity contribution in [1.82, 2.24) is 20.0 Å².